The van der Waals surface area contributed by atoms with Gasteiger partial charge in [0.1, 0.15) is 6.04 Å². The lowest BCUT2D eigenvalue weighted by molar-refractivity contribution is -0.135. The van der Waals surface area contributed by atoms with E-state index >= 15 is 0 Å². The first-order valence-electron chi connectivity index (χ1n) is 7.29. The molecule has 1 aromatic carbocycles. The van der Waals surface area contributed by atoms with Crippen molar-refractivity contribution < 1.29 is 9.32 Å². The molecule has 0 saturated carbocycles. The number of aryl methyl sites for hydroxylation is 2. The molecule has 5 nitrogen and oxygen atoms in total. The largest absolute Gasteiger partial charge is 0.359 e. The molecule has 0 radical (unpaired) electrons. The van der Waals surface area contributed by atoms with Crippen LogP contribution in [0.3, 0.4) is 0 Å². The van der Waals surface area contributed by atoms with Crippen LogP contribution in [0, 0.1) is 13.8 Å². The van der Waals surface area contributed by atoms with E-state index in [1.165, 1.54) is 0 Å². The van der Waals surface area contributed by atoms with E-state index in [0.717, 1.165) is 16.8 Å². The van der Waals surface area contributed by atoms with E-state index in [0.29, 0.717) is 12.3 Å². The van der Waals surface area contributed by atoms with E-state index in [9.17, 15) is 4.79 Å². The molecule has 1 atom stereocenters. The van der Waals surface area contributed by atoms with Gasteiger partial charge in [0.2, 0.25) is 5.91 Å². The van der Waals surface area contributed by atoms with Gasteiger partial charge >= 0.3 is 0 Å². The highest BCUT2D eigenvalue weighted by molar-refractivity contribution is 5.83. The van der Waals surface area contributed by atoms with E-state index in [2.05, 4.69) is 5.16 Å². The molecule has 1 aromatic heterocycles. The van der Waals surface area contributed by atoms with Gasteiger partial charge in [0.25, 0.3) is 0 Å². The Kier molecular flexibility index (Phi) is 4.98. The second-order valence-corrected chi connectivity index (χ2v) is 5.85. The zero-order valence-electron chi connectivity index (χ0n) is 13.8. The maximum absolute atomic E-state index is 12.9. The van der Waals surface area contributed by atoms with Gasteiger partial charge in [-0.2, -0.15) is 0 Å². The number of carbonyl (C=O) groups is 1. The lowest BCUT2D eigenvalue weighted by Crippen LogP contribution is -2.38. The maximum Gasteiger partial charge on any atom is 0.244 e. The number of amides is 1. The molecule has 0 unspecified atom stereocenters. The summed E-state index contributed by atoms with van der Waals surface area (Å²) >= 11 is 0. The van der Waals surface area contributed by atoms with Crippen molar-refractivity contribution in [3.8, 4) is 0 Å². The number of benzene rings is 1. The monoisotopic (exact) mass is 301 g/mol. The standard InChI is InChI=1S/C17H23N3O2/c1-12-8-6-7-9-15(12)16(19(3)4)17(21)20(5)11-14-10-13(2)18-22-14/h6-10,16H,11H2,1-5H3/t16-/m0/s1. The average Bonchev–Trinajstić information content (AvgIpc) is 2.86. The first-order chi connectivity index (χ1) is 10.4. The third-order valence-corrected chi connectivity index (χ3v) is 3.68. The molecule has 1 amide bonds. The molecule has 0 spiro atoms. The molecule has 0 bridgehead atoms. The summed E-state index contributed by atoms with van der Waals surface area (Å²) < 4.78 is 5.20. The highest BCUT2D eigenvalue weighted by Crippen LogP contribution is 2.24. The fraction of sp³-hybridized carbons (Fsp3) is 0.412. The molecular formula is C17H23N3O2. The zero-order chi connectivity index (χ0) is 16.3. The molecule has 5 heteroatoms. The van der Waals surface area contributed by atoms with Crippen LogP contribution in [0.15, 0.2) is 34.9 Å². The Morgan fingerprint density at radius 3 is 2.45 bits per heavy atom. The van der Waals surface area contributed by atoms with Crippen molar-refractivity contribution in [2.75, 3.05) is 21.1 Å². The van der Waals surface area contributed by atoms with Gasteiger partial charge in [-0.3, -0.25) is 9.69 Å². The average molecular weight is 301 g/mol. The number of likely N-dealkylation sites (N-methyl/N-ethyl adjacent to an activating group) is 2. The van der Waals surface area contributed by atoms with Crippen molar-refractivity contribution in [1.29, 1.82) is 0 Å². The molecule has 118 valence electrons. The van der Waals surface area contributed by atoms with Crippen molar-refractivity contribution in [3.63, 3.8) is 0 Å². The van der Waals surface area contributed by atoms with Gasteiger partial charge in [0.05, 0.1) is 12.2 Å². The normalized spacial score (nSPS) is 12.5. The van der Waals surface area contributed by atoms with Crippen molar-refractivity contribution in [3.05, 3.63) is 52.9 Å². The molecule has 0 aliphatic heterocycles. The molecule has 0 fully saturated rings. The minimum atomic E-state index is -0.310. The van der Waals surface area contributed by atoms with E-state index in [-0.39, 0.29) is 11.9 Å². The van der Waals surface area contributed by atoms with E-state index in [1.807, 2.05) is 63.2 Å². The molecule has 0 saturated heterocycles. The van der Waals surface area contributed by atoms with Crippen LogP contribution >= 0.6 is 0 Å². The lowest BCUT2D eigenvalue weighted by Gasteiger charge is -2.29. The Morgan fingerprint density at radius 2 is 1.91 bits per heavy atom. The highest BCUT2D eigenvalue weighted by Gasteiger charge is 2.27. The van der Waals surface area contributed by atoms with Crippen LogP contribution in [-0.4, -0.2) is 42.0 Å². The third-order valence-electron chi connectivity index (χ3n) is 3.68. The predicted octanol–water partition coefficient (Wildman–Crippen LogP) is 2.55. The number of aromatic nitrogens is 1. The SMILES string of the molecule is Cc1cc(CN(C)C(=O)[C@H](c2ccccc2C)N(C)C)on1. The van der Waals surface area contributed by atoms with Gasteiger partial charge in [-0.15, -0.1) is 0 Å². The van der Waals surface area contributed by atoms with Gasteiger partial charge in [0.15, 0.2) is 5.76 Å². The summed E-state index contributed by atoms with van der Waals surface area (Å²) in [4.78, 5) is 16.5. The van der Waals surface area contributed by atoms with Gasteiger partial charge in [-0.25, -0.2) is 0 Å². The molecule has 1 heterocycles. The summed E-state index contributed by atoms with van der Waals surface area (Å²) in [6.45, 7) is 4.31. The fourth-order valence-electron chi connectivity index (χ4n) is 2.54. The summed E-state index contributed by atoms with van der Waals surface area (Å²) in [6, 6.07) is 9.52. The fourth-order valence-corrected chi connectivity index (χ4v) is 2.54. The third kappa shape index (κ3) is 3.54. The summed E-state index contributed by atoms with van der Waals surface area (Å²) in [5.74, 6) is 0.726. The molecule has 0 N–H and O–H groups in total. The number of nitrogens with zero attached hydrogens (tertiary/aromatic N) is 3. The van der Waals surface area contributed by atoms with E-state index in [4.69, 9.17) is 4.52 Å². The molecule has 0 aliphatic carbocycles. The van der Waals surface area contributed by atoms with Gasteiger partial charge < -0.3 is 9.42 Å². The lowest BCUT2D eigenvalue weighted by atomic mass is 9.99. The Balaban J connectivity index is 2.21. The summed E-state index contributed by atoms with van der Waals surface area (Å²) in [5.41, 5.74) is 2.95. The maximum atomic E-state index is 12.9. The van der Waals surface area contributed by atoms with Gasteiger partial charge in [-0.1, -0.05) is 29.4 Å². The van der Waals surface area contributed by atoms with Crippen LogP contribution in [0.25, 0.3) is 0 Å². The van der Waals surface area contributed by atoms with Crippen molar-refractivity contribution >= 4 is 5.91 Å². The molecule has 22 heavy (non-hydrogen) atoms. The van der Waals surface area contributed by atoms with Crippen molar-refractivity contribution in [2.24, 2.45) is 0 Å². The van der Waals surface area contributed by atoms with Gasteiger partial charge in [-0.05, 0) is 39.1 Å². The molecule has 2 rings (SSSR count). The molecule has 0 aliphatic rings. The number of carbonyl (C=O) groups excluding carboxylic acids is 1. The molecular weight excluding hydrogens is 278 g/mol. The number of hydrogen-bond donors (Lipinski definition) is 0. The topological polar surface area (TPSA) is 49.6 Å². The van der Waals surface area contributed by atoms with Crippen LogP contribution < -0.4 is 0 Å². The van der Waals surface area contributed by atoms with E-state index < -0.39 is 0 Å². The molecule has 2 aromatic rings. The minimum absolute atomic E-state index is 0.0355. The van der Waals surface area contributed by atoms with Crippen LogP contribution in [0.4, 0.5) is 0 Å². The first-order valence-corrected chi connectivity index (χ1v) is 7.29. The highest BCUT2D eigenvalue weighted by atomic mass is 16.5. The van der Waals surface area contributed by atoms with Crippen LogP contribution in [0.1, 0.15) is 28.6 Å². The summed E-state index contributed by atoms with van der Waals surface area (Å²) in [5, 5.41) is 3.86. The van der Waals surface area contributed by atoms with Gasteiger partial charge in [0, 0.05) is 13.1 Å². The number of rotatable bonds is 5. The second kappa shape index (κ2) is 6.75. The summed E-state index contributed by atoms with van der Waals surface area (Å²) in [7, 11) is 5.62. The number of hydrogen-bond acceptors (Lipinski definition) is 4. The Bertz CT molecular complexity index is 649. The van der Waals surface area contributed by atoms with E-state index in [1.54, 1.807) is 11.9 Å². The first kappa shape index (κ1) is 16.2. The quantitative estimate of drug-likeness (QED) is 0.851. The Labute approximate surface area is 131 Å². The minimum Gasteiger partial charge on any atom is -0.359 e. The van der Waals surface area contributed by atoms with Crippen LogP contribution in [-0.2, 0) is 11.3 Å². The van der Waals surface area contributed by atoms with Crippen LogP contribution in [0.5, 0.6) is 0 Å². The van der Waals surface area contributed by atoms with Crippen molar-refractivity contribution in [2.45, 2.75) is 26.4 Å². The second-order valence-electron chi connectivity index (χ2n) is 5.85. The Morgan fingerprint density at radius 1 is 1.23 bits per heavy atom. The summed E-state index contributed by atoms with van der Waals surface area (Å²) in [6.07, 6.45) is 0. The van der Waals surface area contributed by atoms with Crippen LogP contribution in [0.2, 0.25) is 0 Å². The van der Waals surface area contributed by atoms with Crippen molar-refractivity contribution in [1.82, 2.24) is 15.0 Å². The zero-order valence-corrected chi connectivity index (χ0v) is 13.8. The smallest absolute Gasteiger partial charge is 0.244 e. The Hall–Kier alpha value is -2.14. The predicted molar refractivity (Wildman–Crippen MR) is 85.3 cm³/mol.